The van der Waals surface area contributed by atoms with E-state index in [-0.39, 0.29) is 37.3 Å². The quantitative estimate of drug-likeness (QED) is 0.521. The predicted octanol–water partition coefficient (Wildman–Crippen LogP) is 3.20. The van der Waals surface area contributed by atoms with Crippen molar-refractivity contribution in [2.24, 2.45) is 5.92 Å². The summed E-state index contributed by atoms with van der Waals surface area (Å²) in [6, 6.07) is 6.65. The molecule has 0 spiro atoms. The smallest absolute Gasteiger partial charge is 0.306 e. The number of morpholine rings is 1. The van der Waals surface area contributed by atoms with E-state index in [0.717, 1.165) is 19.6 Å². The third kappa shape index (κ3) is 7.14. The Kier molecular flexibility index (Phi) is 7.88. The van der Waals surface area contributed by atoms with Gasteiger partial charge in [0.1, 0.15) is 12.7 Å². The van der Waals surface area contributed by atoms with E-state index >= 15 is 0 Å². The lowest BCUT2D eigenvalue weighted by atomic mass is 10.1. The molecule has 1 aromatic carbocycles. The average molecular weight is 368 g/mol. The van der Waals surface area contributed by atoms with Crippen LogP contribution in [-0.2, 0) is 14.3 Å². The molecule has 1 aliphatic rings. The third-order valence-electron chi connectivity index (χ3n) is 4.00. The topological polar surface area (TPSA) is 55.8 Å². The standard InChI is InChI=1S/C19H26ClNO4/c1-14(2)11-21-9-10-24-17(12-21)13-25-19(23)8-7-18(22)15-3-5-16(20)6-4-15/h3-6,14,17H,7-13H2,1-2H3. The number of carbonyl (C=O) groups excluding carboxylic acids is 2. The molecule has 0 radical (unpaired) electrons. The van der Waals surface area contributed by atoms with E-state index in [2.05, 4.69) is 18.7 Å². The Balaban J connectivity index is 1.68. The summed E-state index contributed by atoms with van der Waals surface area (Å²) in [6.07, 6.45) is 0.110. The first kappa shape index (κ1) is 19.9. The number of carbonyl (C=O) groups is 2. The van der Waals surface area contributed by atoms with Crippen molar-refractivity contribution in [3.8, 4) is 0 Å². The van der Waals surface area contributed by atoms with Crippen molar-refractivity contribution >= 4 is 23.4 Å². The van der Waals surface area contributed by atoms with Crippen LogP contribution in [0.4, 0.5) is 0 Å². The van der Waals surface area contributed by atoms with E-state index in [4.69, 9.17) is 21.1 Å². The highest BCUT2D eigenvalue weighted by Gasteiger charge is 2.22. The van der Waals surface area contributed by atoms with Crippen LogP contribution in [-0.4, -0.2) is 55.6 Å². The molecule has 25 heavy (non-hydrogen) atoms. The van der Waals surface area contributed by atoms with Gasteiger partial charge in [0.05, 0.1) is 13.0 Å². The van der Waals surface area contributed by atoms with E-state index in [1.807, 2.05) is 0 Å². The Morgan fingerprint density at radius 3 is 2.68 bits per heavy atom. The van der Waals surface area contributed by atoms with Crippen LogP contribution in [0.5, 0.6) is 0 Å². The van der Waals surface area contributed by atoms with Gasteiger partial charge in [-0.2, -0.15) is 0 Å². The zero-order valence-electron chi connectivity index (χ0n) is 14.9. The second kappa shape index (κ2) is 9.90. The van der Waals surface area contributed by atoms with Crippen LogP contribution >= 0.6 is 11.6 Å². The van der Waals surface area contributed by atoms with Gasteiger partial charge in [-0.3, -0.25) is 14.5 Å². The van der Waals surface area contributed by atoms with Crippen LogP contribution in [0.3, 0.4) is 0 Å². The maximum absolute atomic E-state index is 12.0. The van der Waals surface area contributed by atoms with Crippen molar-refractivity contribution in [1.82, 2.24) is 4.90 Å². The van der Waals surface area contributed by atoms with Crippen LogP contribution < -0.4 is 0 Å². The van der Waals surface area contributed by atoms with E-state index in [0.29, 0.717) is 23.1 Å². The lowest BCUT2D eigenvalue weighted by Crippen LogP contribution is -2.45. The molecule has 1 aromatic rings. The molecular weight excluding hydrogens is 342 g/mol. The number of hydrogen-bond acceptors (Lipinski definition) is 5. The molecule has 1 aliphatic heterocycles. The van der Waals surface area contributed by atoms with Gasteiger partial charge in [0, 0.05) is 36.6 Å². The summed E-state index contributed by atoms with van der Waals surface area (Å²) in [5.41, 5.74) is 0.553. The van der Waals surface area contributed by atoms with E-state index in [1.54, 1.807) is 24.3 Å². The molecule has 2 rings (SSSR count). The van der Waals surface area contributed by atoms with Crippen molar-refractivity contribution in [3.05, 3.63) is 34.9 Å². The molecule has 0 bridgehead atoms. The molecule has 1 saturated heterocycles. The second-order valence-electron chi connectivity index (χ2n) is 6.76. The average Bonchev–Trinajstić information content (AvgIpc) is 2.58. The molecule has 1 fully saturated rings. The fourth-order valence-electron chi connectivity index (χ4n) is 2.82. The van der Waals surface area contributed by atoms with Crippen LogP contribution in [0.15, 0.2) is 24.3 Å². The number of hydrogen-bond donors (Lipinski definition) is 0. The predicted molar refractivity (Wildman–Crippen MR) is 97.0 cm³/mol. The zero-order chi connectivity index (χ0) is 18.2. The molecule has 0 saturated carbocycles. The van der Waals surface area contributed by atoms with Gasteiger partial charge in [-0.05, 0) is 30.2 Å². The lowest BCUT2D eigenvalue weighted by molar-refractivity contribution is -0.150. The van der Waals surface area contributed by atoms with Crippen molar-refractivity contribution in [3.63, 3.8) is 0 Å². The first-order valence-electron chi connectivity index (χ1n) is 8.72. The molecular formula is C19H26ClNO4. The fourth-order valence-corrected chi connectivity index (χ4v) is 2.94. The van der Waals surface area contributed by atoms with Gasteiger partial charge in [-0.1, -0.05) is 25.4 Å². The molecule has 0 aromatic heterocycles. The van der Waals surface area contributed by atoms with Crippen LogP contribution in [0.1, 0.15) is 37.0 Å². The molecule has 1 heterocycles. The number of rotatable bonds is 8. The number of esters is 1. The Morgan fingerprint density at radius 2 is 2.00 bits per heavy atom. The molecule has 1 unspecified atom stereocenters. The number of ether oxygens (including phenoxy) is 2. The summed E-state index contributed by atoms with van der Waals surface area (Å²) < 4.78 is 10.9. The van der Waals surface area contributed by atoms with Gasteiger partial charge in [0.25, 0.3) is 0 Å². The summed E-state index contributed by atoms with van der Waals surface area (Å²) in [4.78, 5) is 26.2. The SMILES string of the molecule is CC(C)CN1CCOC(COC(=O)CCC(=O)c2ccc(Cl)cc2)C1. The van der Waals surface area contributed by atoms with Gasteiger partial charge < -0.3 is 9.47 Å². The van der Waals surface area contributed by atoms with E-state index in [1.165, 1.54) is 0 Å². The van der Waals surface area contributed by atoms with Crippen LogP contribution in [0, 0.1) is 5.92 Å². The highest BCUT2D eigenvalue weighted by atomic mass is 35.5. The zero-order valence-corrected chi connectivity index (χ0v) is 15.6. The number of Topliss-reactive ketones (excluding diaryl/α,β-unsaturated/α-hetero) is 1. The minimum absolute atomic E-state index is 0.0733. The molecule has 0 aliphatic carbocycles. The number of halogens is 1. The Morgan fingerprint density at radius 1 is 1.28 bits per heavy atom. The van der Waals surface area contributed by atoms with Gasteiger partial charge >= 0.3 is 5.97 Å². The number of nitrogens with zero attached hydrogens (tertiary/aromatic N) is 1. The van der Waals surface area contributed by atoms with Crippen molar-refractivity contribution in [2.75, 3.05) is 32.8 Å². The first-order chi connectivity index (χ1) is 11.9. The van der Waals surface area contributed by atoms with Gasteiger partial charge in [0.2, 0.25) is 0 Å². The van der Waals surface area contributed by atoms with Crippen LogP contribution in [0.2, 0.25) is 5.02 Å². The number of ketones is 1. The van der Waals surface area contributed by atoms with Crippen molar-refractivity contribution < 1.29 is 19.1 Å². The lowest BCUT2D eigenvalue weighted by Gasteiger charge is -2.33. The first-order valence-corrected chi connectivity index (χ1v) is 9.10. The second-order valence-corrected chi connectivity index (χ2v) is 7.20. The normalized spacial score (nSPS) is 18.3. The monoisotopic (exact) mass is 367 g/mol. The van der Waals surface area contributed by atoms with Gasteiger partial charge in [-0.25, -0.2) is 0 Å². The van der Waals surface area contributed by atoms with Crippen LogP contribution in [0.25, 0.3) is 0 Å². The summed E-state index contributed by atoms with van der Waals surface area (Å²) in [5, 5.41) is 0.579. The molecule has 6 heteroatoms. The minimum atomic E-state index is -0.369. The van der Waals surface area contributed by atoms with Gasteiger partial charge in [-0.15, -0.1) is 0 Å². The summed E-state index contributed by atoms with van der Waals surface area (Å²) in [5.74, 6) is 0.137. The van der Waals surface area contributed by atoms with Crippen molar-refractivity contribution in [2.45, 2.75) is 32.8 Å². The molecule has 5 nitrogen and oxygen atoms in total. The summed E-state index contributed by atoms with van der Waals surface area (Å²) in [6.45, 7) is 7.97. The van der Waals surface area contributed by atoms with E-state index in [9.17, 15) is 9.59 Å². The summed E-state index contributed by atoms with van der Waals surface area (Å²) in [7, 11) is 0. The Hall–Kier alpha value is -1.43. The maximum Gasteiger partial charge on any atom is 0.306 e. The highest BCUT2D eigenvalue weighted by Crippen LogP contribution is 2.13. The molecule has 0 amide bonds. The van der Waals surface area contributed by atoms with Crippen molar-refractivity contribution in [1.29, 1.82) is 0 Å². The molecule has 138 valence electrons. The minimum Gasteiger partial charge on any atom is -0.463 e. The fraction of sp³-hybridized carbons (Fsp3) is 0.579. The Bertz CT molecular complexity index is 573. The van der Waals surface area contributed by atoms with E-state index < -0.39 is 0 Å². The largest absolute Gasteiger partial charge is 0.463 e. The Labute approximate surface area is 154 Å². The van der Waals surface area contributed by atoms with Gasteiger partial charge in [0.15, 0.2) is 5.78 Å². The third-order valence-corrected chi connectivity index (χ3v) is 4.25. The maximum atomic E-state index is 12.0. The highest BCUT2D eigenvalue weighted by molar-refractivity contribution is 6.30. The molecule has 1 atom stereocenters. The molecule has 0 N–H and O–H groups in total. The summed E-state index contributed by atoms with van der Waals surface area (Å²) >= 11 is 5.80. The number of benzene rings is 1.